The lowest BCUT2D eigenvalue weighted by Gasteiger charge is -2.39. The molecule has 3 saturated carbocycles. The molecule has 0 aromatic heterocycles. The van der Waals surface area contributed by atoms with Crippen LogP contribution in [0.4, 0.5) is 18.0 Å². The molecule has 1 aromatic rings. The van der Waals surface area contributed by atoms with E-state index in [1.54, 1.807) is 24.3 Å². The number of carbonyl (C=O) groups is 1. The van der Waals surface area contributed by atoms with E-state index in [9.17, 15) is 18.0 Å². The number of urea groups is 1. The number of hydrogen-bond donors (Lipinski definition) is 2. The van der Waals surface area contributed by atoms with Gasteiger partial charge in [-0.2, -0.15) is 18.4 Å². The summed E-state index contributed by atoms with van der Waals surface area (Å²) in [5.74, 6) is 0.431. The maximum atomic E-state index is 13.0. The second kappa shape index (κ2) is 6.47. The first-order valence-electron chi connectivity index (χ1n) is 8.03. The maximum Gasteiger partial charge on any atom is 0.394 e. The number of rotatable bonds is 5. The molecular formula is C17H18F3N3O2. The van der Waals surface area contributed by atoms with Gasteiger partial charge in [0.2, 0.25) is 0 Å². The van der Waals surface area contributed by atoms with E-state index < -0.39 is 23.7 Å². The molecular weight excluding hydrogens is 335 g/mol. The van der Waals surface area contributed by atoms with Crippen LogP contribution in [0.2, 0.25) is 0 Å². The Hall–Kier alpha value is -2.43. The van der Waals surface area contributed by atoms with Crippen LogP contribution in [0.15, 0.2) is 24.3 Å². The van der Waals surface area contributed by atoms with Gasteiger partial charge in [-0.1, -0.05) is 12.1 Å². The topological polar surface area (TPSA) is 74.1 Å². The summed E-state index contributed by atoms with van der Waals surface area (Å²) in [5, 5.41) is 13.8. The molecule has 3 aliphatic rings. The molecule has 2 bridgehead atoms. The molecule has 0 heterocycles. The van der Waals surface area contributed by atoms with Crippen LogP contribution in [-0.4, -0.2) is 24.9 Å². The van der Waals surface area contributed by atoms with E-state index in [0.29, 0.717) is 5.75 Å². The molecule has 5 nitrogen and oxygen atoms in total. The number of halogens is 3. The van der Waals surface area contributed by atoms with E-state index in [4.69, 9.17) is 10.00 Å². The van der Waals surface area contributed by atoms with Gasteiger partial charge >= 0.3 is 12.2 Å². The predicted molar refractivity (Wildman–Crippen MR) is 82.5 cm³/mol. The second-order valence-corrected chi connectivity index (χ2v) is 6.68. The lowest BCUT2D eigenvalue weighted by atomic mass is 9.69. The van der Waals surface area contributed by atoms with E-state index in [1.807, 2.05) is 6.07 Å². The highest BCUT2D eigenvalue weighted by atomic mass is 19.4. The molecule has 0 radical (unpaired) electrons. The van der Waals surface area contributed by atoms with Crippen molar-refractivity contribution in [2.45, 2.75) is 38.0 Å². The molecule has 0 spiro atoms. The number of hydrogen-bond acceptors (Lipinski definition) is 3. The van der Waals surface area contributed by atoms with Gasteiger partial charge in [-0.25, -0.2) is 4.79 Å². The van der Waals surface area contributed by atoms with Crippen molar-refractivity contribution in [2.24, 2.45) is 11.3 Å². The summed E-state index contributed by atoms with van der Waals surface area (Å²) in [7, 11) is 0. The van der Waals surface area contributed by atoms with Crippen molar-refractivity contribution in [1.82, 2.24) is 10.6 Å². The second-order valence-electron chi connectivity index (χ2n) is 6.68. The van der Waals surface area contributed by atoms with Crippen LogP contribution in [-0.2, 0) is 6.54 Å². The Morgan fingerprint density at radius 3 is 2.76 bits per heavy atom. The summed E-state index contributed by atoms with van der Waals surface area (Å²) < 4.78 is 44.3. The van der Waals surface area contributed by atoms with Crippen molar-refractivity contribution < 1.29 is 22.7 Å². The molecule has 2 amide bonds. The zero-order chi connectivity index (χ0) is 18.1. The first-order chi connectivity index (χ1) is 11.8. The molecule has 25 heavy (non-hydrogen) atoms. The van der Waals surface area contributed by atoms with Gasteiger partial charge in [-0.15, -0.1) is 0 Å². The number of nitrogens with one attached hydrogen (secondary N) is 2. The smallest absolute Gasteiger partial charge is 0.394 e. The largest absolute Gasteiger partial charge is 0.479 e. The Morgan fingerprint density at radius 2 is 2.12 bits per heavy atom. The predicted octanol–water partition coefficient (Wildman–Crippen LogP) is 3.12. The van der Waals surface area contributed by atoms with Crippen LogP contribution >= 0.6 is 0 Å². The number of carbonyl (C=O) groups excluding carboxylic acids is 1. The molecule has 2 N–H and O–H groups in total. The van der Waals surface area contributed by atoms with Gasteiger partial charge in [0.25, 0.3) is 0 Å². The quantitative estimate of drug-likeness (QED) is 0.854. The van der Waals surface area contributed by atoms with Gasteiger partial charge in [-0.3, -0.25) is 0 Å². The molecule has 134 valence electrons. The average Bonchev–Trinajstić information content (AvgIpc) is 3.06. The van der Waals surface area contributed by atoms with Gasteiger partial charge < -0.3 is 15.4 Å². The first kappa shape index (κ1) is 17.4. The highest BCUT2D eigenvalue weighted by Gasteiger charge is 2.68. The normalized spacial score (nSPS) is 27.1. The van der Waals surface area contributed by atoms with E-state index in [0.717, 1.165) is 5.56 Å². The first-order valence-corrected chi connectivity index (χ1v) is 8.03. The molecule has 0 aliphatic heterocycles. The Morgan fingerprint density at radius 1 is 1.36 bits per heavy atom. The van der Waals surface area contributed by atoms with Gasteiger partial charge in [0.15, 0.2) is 6.61 Å². The lowest BCUT2D eigenvalue weighted by Crippen LogP contribution is -2.44. The fraction of sp³-hybridized carbons (Fsp3) is 0.529. The van der Waals surface area contributed by atoms with Crippen LogP contribution in [0.5, 0.6) is 5.75 Å². The Labute approximate surface area is 143 Å². The van der Waals surface area contributed by atoms with Gasteiger partial charge in [-0.05, 0) is 42.9 Å². The van der Waals surface area contributed by atoms with E-state index in [2.05, 4.69) is 10.6 Å². The Bertz CT molecular complexity index is 693. The minimum Gasteiger partial charge on any atom is -0.479 e. The monoisotopic (exact) mass is 353 g/mol. The lowest BCUT2D eigenvalue weighted by molar-refractivity contribution is -0.244. The number of alkyl halides is 3. The molecule has 1 atom stereocenters. The molecule has 8 heteroatoms. The third kappa shape index (κ3) is 3.50. The van der Waals surface area contributed by atoms with Crippen molar-refractivity contribution in [3.8, 4) is 11.8 Å². The SMILES string of the molecule is N#CCOc1cccc(CNC(=O)N[C@@H]2CC3(C(F)(F)F)CC2C3)c1. The highest BCUT2D eigenvalue weighted by molar-refractivity contribution is 5.74. The number of amides is 2. The van der Waals surface area contributed by atoms with Gasteiger partial charge in [0.1, 0.15) is 11.8 Å². The summed E-state index contributed by atoms with van der Waals surface area (Å²) in [5.41, 5.74) is -0.824. The Balaban J connectivity index is 1.48. The summed E-state index contributed by atoms with van der Waals surface area (Å²) >= 11 is 0. The van der Waals surface area contributed by atoms with Crippen molar-refractivity contribution >= 4 is 6.03 Å². The molecule has 3 fully saturated rings. The third-order valence-electron chi connectivity index (χ3n) is 5.06. The highest BCUT2D eigenvalue weighted by Crippen LogP contribution is 2.65. The number of nitriles is 1. The van der Waals surface area contributed by atoms with Crippen LogP contribution in [0.1, 0.15) is 24.8 Å². The zero-order valence-corrected chi connectivity index (χ0v) is 13.4. The summed E-state index contributed by atoms with van der Waals surface area (Å²) in [4.78, 5) is 12.0. The fourth-order valence-electron chi connectivity index (χ4n) is 3.76. The van der Waals surface area contributed by atoms with Crippen molar-refractivity contribution in [1.29, 1.82) is 5.26 Å². The van der Waals surface area contributed by atoms with Crippen LogP contribution < -0.4 is 15.4 Å². The third-order valence-corrected chi connectivity index (χ3v) is 5.06. The minimum atomic E-state index is -4.19. The van der Waals surface area contributed by atoms with Crippen molar-refractivity contribution in [3.05, 3.63) is 29.8 Å². The van der Waals surface area contributed by atoms with Gasteiger partial charge in [0, 0.05) is 12.6 Å². The van der Waals surface area contributed by atoms with Crippen molar-refractivity contribution in [3.63, 3.8) is 0 Å². The minimum absolute atomic E-state index is 0.0356. The number of benzene rings is 1. The van der Waals surface area contributed by atoms with Crippen LogP contribution in [0, 0.1) is 22.7 Å². The molecule has 0 unspecified atom stereocenters. The number of nitrogens with zero attached hydrogens (tertiary/aromatic N) is 1. The zero-order valence-electron chi connectivity index (χ0n) is 13.4. The summed E-state index contributed by atoms with van der Waals surface area (Å²) in [6.45, 7) is 0.152. The van der Waals surface area contributed by atoms with Gasteiger partial charge in [0.05, 0.1) is 5.41 Å². The molecule has 4 rings (SSSR count). The summed E-state index contributed by atoms with van der Waals surface area (Å²) in [6.07, 6.45) is -4.01. The van der Waals surface area contributed by atoms with Crippen molar-refractivity contribution in [2.75, 3.05) is 6.61 Å². The fourth-order valence-corrected chi connectivity index (χ4v) is 3.76. The van der Waals surface area contributed by atoms with E-state index in [-0.39, 0.29) is 38.3 Å². The van der Waals surface area contributed by atoms with E-state index >= 15 is 0 Å². The summed E-state index contributed by atoms with van der Waals surface area (Å²) in [6, 6.07) is 7.88. The van der Waals surface area contributed by atoms with Crippen LogP contribution in [0.3, 0.4) is 0 Å². The average molecular weight is 353 g/mol. The maximum absolute atomic E-state index is 13.0. The van der Waals surface area contributed by atoms with E-state index in [1.165, 1.54) is 0 Å². The number of fused-ring (bicyclic) bond motifs is 1. The van der Waals surface area contributed by atoms with Crippen LogP contribution in [0.25, 0.3) is 0 Å². The standard InChI is InChI=1S/C17H18F3N3O2/c18-17(19,20)16-7-12(8-16)14(9-16)23-15(24)22-10-11-2-1-3-13(6-11)25-5-4-21/h1-3,6,12,14H,5,7-10H2,(H2,22,23,24)/t12?,14-,16?/m1/s1. The molecule has 0 saturated heterocycles. The molecule has 3 aliphatic carbocycles. The molecule has 1 aromatic carbocycles. The number of ether oxygens (including phenoxy) is 1. The Kier molecular flexibility index (Phi) is 4.50.